The van der Waals surface area contributed by atoms with Gasteiger partial charge in [-0.1, -0.05) is 78.8 Å². The van der Waals surface area contributed by atoms with Crippen LogP contribution in [0.4, 0.5) is 0 Å². The predicted octanol–water partition coefficient (Wildman–Crippen LogP) is 5.80. The van der Waals surface area contributed by atoms with Crippen LogP contribution in [0.15, 0.2) is 84.0 Å². The molecule has 0 aliphatic carbocycles. The largest absolute Gasteiger partial charge is 0.485 e. The molecule has 3 rings (SSSR count). The standard InChI is InChI=1S/C24H25NO3/c1-18(19(2)25-26)22-13-14-23(27-16-20-9-5-3-6-10-20)24(15-22)28-17-21-11-7-4-8-12-21/h3-15,18,26H,16-17H2,1-2H3/b25-19+. The SMILES string of the molecule is C/C(=N\O)C(C)c1ccc(OCc2ccccc2)c(OCc2ccccc2)c1. The van der Waals surface area contributed by atoms with E-state index in [0.717, 1.165) is 16.7 Å². The molecular weight excluding hydrogens is 350 g/mol. The molecule has 4 heteroatoms. The molecular formula is C24H25NO3. The van der Waals surface area contributed by atoms with Gasteiger partial charge in [-0.15, -0.1) is 0 Å². The fourth-order valence-electron chi connectivity index (χ4n) is 2.82. The van der Waals surface area contributed by atoms with Crippen LogP contribution in [-0.2, 0) is 13.2 Å². The number of hydrogen-bond donors (Lipinski definition) is 1. The highest BCUT2D eigenvalue weighted by Gasteiger charge is 2.14. The molecule has 0 aliphatic heterocycles. The van der Waals surface area contributed by atoms with Crippen LogP contribution in [-0.4, -0.2) is 10.9 Å². The van der Waals surface area contributed by atoms with Crippen LogP contribution in [0, 0.1) is 0 Å². The Balaban J connectivity index is 1.82. The number of ether oxygens (including phenoxy) is 2. The molecule has 1 N–H and O–H groups in total. The summed E-state index contributed by atoms with van der Waals surface area (Å²) in [6.07, 6.45) is 0. The minimum Gasteiger partial charge on any atom is -0.485 e. The van der Waals surface area contributed by atoms with E-state index in [1.165, 1.54) is 0 Å². The van der Waals surface area contributed by atoms with E-state index in [2.05, 4.69) is 5.16 Å². The maximum Gasteiger partial charge on any atom is 0.161 e. The second-order valence-corrected chi connectivity index (χ2v) is 6.72. The van der Waals surface area contributed by atoms with E-state index in [9.17, 15) is 0 Å². The first kappa shape index (κ1) is 19.5. The van der Waals surface area contributed by atoms with Crippen LogP contribution in [0.25, 0.3) is 0 Å². The molecule has 0 saturated carbocycles. The summed E-state index contributed by atoms with van der Waals surface area (Å²) < 4.78 is 12.1. The van der Waals surface area contributed by atoms with E-state index in [-0.39, 0.29) is 5.92 Å². The van der Waals surface area contributed by atoms with E-state index < -0.39 is 0 Å². The Hall–Kier alpha value is -3.27. The van der Waals surface area contributed by atoms with Gasteiger partial charge in [-0.25, -0.2) is 0 Å². The topological polar surface area (TPSA) is 51.1 Å². The summed E-state index contributed by atoms with van der Waals surface area (Å²) in [7, 11) is 0. The van der Waals surface area contributed by atoms with E-state index in [1.807, 2.05) is 85.8 Å². The van der Waals surface area contributed by atoms with Crippen molar-refractivity contribution in [3.05, 3.63) is 95.6 Å². The summed E-state index contributed by atoms with van der Waals surface area (Å²) in [5, 5.41) is 12.4. The van der Waals surface area contributed by atoms with Gasteiger partial charge in [0.2, 0.25) is 0 Å². The lowest BCUT2D eigenvalue weighted by Crippen LogP contribution is -2.07. The van der Waals surface area contributed by atoms with Crippen molar-refractivity contribution >= 4 is 5.71 Å². The third kappa shape index (κ3) is 5.13. The van der Waals surface area contributed by atoms with Crippen molar-refractivity contribution in [2.24, 2.45) is 5.16 Å². The van der Waals surface area contributed by atoms with Crippen LogP contribution in [0.2, 0.25) is 0 Å². The number of benzene rings is 3. The highest BCUT2D eigenvalue weighted by Crippen LogP contribution is 2.33. The van der Waals surface area contributed by atoms with Crippen LogP contribution in [0.3, 0.4) is 0 Å². The molecule has 1 unspecified atom stereocenters. The summed E-state index contributed by atoms with van der Waals surface area (Å²) >= 11 is 0. The molecule has 4 nitrogen and oxygen atoms in total. The van der Waals surface area contributed by atoms with Crippen molar-refractivity contribution in [2.75, 3.05) is 0 Å². The zero-order valence-electron chi connectivity index (χ0n) is 16.2. The molecule has 28 heavy (non-hydrogen) atoms. The second kappa shape index (κ2) is 9.60. The molecule has 0 fully saturated rings. The van der Waals surface area contributed by atoms with Crippen molar-refractivity contribution in [3.8, 4) is 11.5 Å². The average molecular weight is 375 g/mol. The van der Waals surface area contributed by atoms with Crippen LogP contribution in [0.5, 0.6) is 11.5 Å². The summed E-state index contributed by atoms with van der Waals surface area (Å²) in [4.78, 5) is 0. The smallest absolute Gasteiger partial charge is 0.161 e. The molecule has 3 aromatic rings. The third-order valence-electron chi connectivity index (χ3n) is 4.73. The van der Waals surface area contributed by atoms with Crippen LogP contribution < -0.4 is 9.47 Å². The van der Waals surface area contributed by atoms with Crippen molar-refractivity contribution in [3.63, 3.8) is 0 Å². The summed E-state index contributed by atoms with van der Waals surface area (Å²) in [6, 6.07) is 25.9. The summed E-state index contributed by atoms with van der Waals surface area (Å²) in [5.74, 6) is 1.34. The molecule has 1 atom stereocenters. The first-order valence-corrected chi connectivity index (χ1v) is 9.33. The highest BCUT2D eigenvalue weighted by molar-refractivity contribution is 5.88. The molecule has 3 aromatic carbocycles. The Morgan fingerprint density at radius 1 is 0.821 bits per heavy atom. The molecule has 0 bridgehead atoms. The zero-order valence-corrected chi connectivity index (χ0v) is 16.2. The number of hydrogen-bond acceptors (Lipinski definition) is 4. The maximum absolute atomic E-state index is 9.08. The van der Waals surface area contributed by atoms with Crippen molar-refractivity contribution < 1.29 is 14.7 Å². The monoisotopic (exact) mass is 375 g/mol. The lowest BCUT2D eigenvalue weighted by molar-refractivity contribution is 0.255. The van der Waals surface area contributed by atoms with Gasteiger partial charge in [0.05, 0.1) is 5.71 Å². The molecule has 0 radical (unpaired) electrons. The fraction of sp³-hybridized carbons (Fsp3) is 0.208. The van der Waals surface area contributed by atoms with Gasteiger partial charge in [0.15, 0.2) is 11.5 Å². The van der Waals surface area contributed by atoms with Gasteiger partial charge in [0.25, 0.3) is 0 Å². The quantitative estimate of drug-likeness (QED) is 0.308. The predicted molar refractivity (Wildman–Crippen MR) is 111 cm³/mol. The Kier molecular flexibility index (Phi) is 6.68. The molecule has 0 spiro atoms. The van der Waals surface area contributed by atoms with E-state index in [0.29, 0.717) is 30.4 Å². The Morgan fingerprint density at radius 2 is 1.36 bits per heavy atom. The average Bonchev–Trinajstić information content (AvgIpc) is 2.76. The second-order valence-electron chi connectivity index (χ2n) is 6.72. The summed E-state index contributed by atoms with van der Waals surface area (Å²) in [6.45, 7) is 4.72. The van der Waals surface area contributed by atoms with Gasteiger partial charge in [0, 0.05) is 5.92 Å². The molecule has 0 aliphatic rings. The van der Waals surface area contributed by atoms with Gasteiger partial charge in [-0.3, -0.25) is 0 Å². The first-order valence-electron chi connectivity index (χ1n) is 9.33. The third-order valence-corrected chi connectivity index (χ3v) is 4.73. The molecule has 144 valence electrons. The van der Waals surface area contributed by atoms with Crippen molar-refractivity contribution in [1.82, 2.24) is 0 Å². The van der Waals surface area contributed by atoms with Crippen LogP contribution >= 0.6 is 0 Å². The minimum atomic E-state index is -0.0211. The first-order chi connectivity index (χ1) is 13.7. The number of rotatable bonds is 8. The Labute approximate surface area is 166 Å². The van der Waals surface area contributed by atoms with Gasteiger partial charge in [-0.05, 0) is 35.7 Å². The summed E-state index contributed by atoms with van der Waals surface area (Å²) in [5.41, 5.74) is 3.83. The lowest BCUT2D eigenvalue weighted by Gasteiger charge is -2.17. The number of oxime groups is 1. The van der Waals surface area contributed by atoms with E-state index in [4.69, 9.17) is 14.7 Å². The van der Waals surface area contributed by atoms with Crippen molar-refractivity contribution in [2.45, 2.75) is 33.0 Å². The zero-order chi connectivity index (χ0) is 19.8. The molecule has 0 heterocycles. The molecule has 0 amide bonds. The van der Waals surface area contributed by atoms with Crippen molar-refractivity contribution in [1.29, 1.82) is 0 Å². The molecule has 0 saturated heterocycles. The Morgan fingerprint density at radius 3 is 1.89 bits per heavy atom. The minimum absolute atomic E-state index is 0.0211. The molecule has 0 aromatic heterocycles. The lowest BCUT2D eigenvalue weighted by atomic mass is 9.96. The van der Waals surface area contributed by atoms with Gasteiger partial charge < -0.3 is 14.7 Å². The van der Waals surface area contributed by atoms with E-state index in [1.54, 1.807) is 6.92 Å². The Bertz CT molecular complexity index is 908. The van der Waals surface area contributed by atoms with E-state index >= 15 is 0 Å². The fourth-order valence-corrected chi connectivity index (χ4v) is 2.82. The van der Waals surface area contributed by atoms with Gasteiger partial charge in [0.1, 0.15) is 13.2 Å². The van der Waals surface area contributed by atoms with Crippen LogP contribution in [0.1, 0.15) is 36.5 Å². The van der Waals surface area contributed by atoms with Gasteiger partial charge in [-0.2, -0.15) is 0 Å². The maximum atomic E-state index is 9.08. The number of nitrogens with zero attached hydrogens (tertiary/aromatic N) is 1. The van der Waals surface area contributed by atoms with Gasteiger partial charge >= 0.3 is 0 Å². The normalized spacial score (nSPS) is 12.4. The highest BCUT2D eigenvalue weighted by atomic mass is 16.5.